The number of benzene rings is 1. The number of rotatable bonds is 3. The largest absolute Gasteiger partial charge is 0.346 e. The fourth-order valence-electron chi connectivity index (χ4n) is 6.03. The lowest BCUT2D eigenvalue weighted by molar-refractivity contribution is -0.121. The number of pyridine rings is 1. The Kier molecular flexibility index (Phi) is 5.17. The Morgan fingerprint density at radius 1 is 1.12 bits per heavy atom. The first-order valence-electron chi connectivity index (χ1n) is 12.5. The molecule has 3 N–H and O–H groups in total. The van der Waals surface area contributed by atoms with Gasteiger partial charge in [-0.2, -0.15) is 0 Å². The van der Waals surface area contributed by atoms with Crippen molar-refractivity contribution in [1.82, 2.24) is 20.2 Å². The van der Waals surface area contributed by atoms with Crippen molar-refractivity contribution in [2.24, 2.45) is 5.92 Å². The highest BCUT2D eigenvalue weighted by Crippen LogP contribution is 2.44. The van der Waals surface area contributed by atoms with Gasteiger partial charge in [0.15, 0.2) is 0 Å². The van der Waals surface area contributed by atoms with Crippen LogP contribution in [-0.4, -0.2) is 46.8 Å². The zero-order valence-electron chi connectivity index (χ0n) is 19.6. The number of amides is 2. The summed E-state index contributed by atoms with van der Waals surface area (Å²) in [6.45, 7) is 1.91. The van der Waals surface area contributed by atoms with Gasteiger partial charge in [0.05, 0.1) is 17.4 Å². The molecule has 0 atom stereocenters. The van der Waals surface area contributed by atoms with Gasteiger partial charge >= 0.3 is 0 Å². The van der Waals surface area contributed by atoms with Crippen molar-refractivity contribution < 1.29 is 9.59 Å². The molecular formula is C27H31N5O2. The summed E-state index contributed by atoms with van der Waals surface area (Å²) >= 11 is 0. The van der Waals surface area contributed by atoms with E-state index in [-0.39, 0.29) is 23.3 Å². The number of aromatic amines is 1. The summed E-state index contributed by atoms with van der Waals surface area (Å²) in [5.41, 5.74) is 5.31. The van der Waals surface area contributed by atoms with Crippen molar-refractivity contribution in [1.29, 1.82) is 0 Å². The lowest BCUT2D eigenvalue weighted by atomic mass is 9.77. The molecular weight excluding hydrogens is 426 g/mol. The fraction of sp³-hybridized carbons (Fsp3) is 0.444. The van der Waals surface area contributed by atoms with Crippen LogP contribution in [0.2, 0.25) is 0 Å². The van der Waals surface area contributed by atoms with Gasteiger partial charge in [-0.05, 0) is 75.1 Å². The monoisotopic (exact) mass is 457 g/mol. The zero-order valence-corrected chi connectivity index (χ0v) is 19.6. The van der Waals surface area contributed by atoms with E-state index in [0.717, 1.165) is 90.6 Å². The van der Waals surface area contributed by atoms with Crippen molar-refractivity contribution in [3.05, 3.63) is 47.8 Å². The van der Waals surface area contributed by atoms with Crippen LogP contribution in [0.4, 0.5) is 5.69 Å². The number of hydrogen-bond acceptors (Lipinski definition) is 4. The normalized spacial score (nSPS) is 20.4. The summed E-state index contributed by atoms with van der Waals surface area (Å²) in [6, 6.07) is 8.17. The number of likely N-dealkylation sites (tertiary alicyclic amines) is 1. The Labute approximate surface area is 199 Å². The van der Waals surface area contributed by atoms with Crippen LogP contribution in [0.1, 0.15) is 60.9 Å². The van der Waals surface area contributed by atoms with Crippen molar-refractivity contribution >= 4 is 28.5 Å². The number of carbonyl (C=O) groups excluding carboxylic acids is 2. The average molecular weight is 458 g/mol. The number of anilines is 1. The molecule has 3 aromatic rings. The van der Waals surface area contributed by atoms with Crippen LogP contribution in [0.3, 0.4) is 0 Å². The number of H-pyrrole nitrogens is 1. The SMILES string of the molecule is CN1CCC(C(=O)Nc2cnc3[nH]cc(-c4ccc5c(c4)C4(CCCCC4)NC5=O)c3c2)CC1. The van der Waals surface area contributed by atoms with E-state index in [4.69, 9.17) is 0 Å². The molecule has 2 aliphatic heterocycles. The first kappa shape index (κ1) is 21.4. The van der Waals surface area contributed by atoms with Crippen LogP contribution in [0, 0.1) is 5.92 Å². The second-order valence-electron chi connectivity index (χ2n) is 10.2. The van der Waals surface area contributed by atoms with E-state index >= 15 is 0 Å². The highest BCUT2D eigenvalue weighted by Gasteiger charge is 2.43. The summed E-state index contributed by atoms with van der Waals surface area (Å²) in [5, 5.41) is 7.36. The second-order valence-corrected chi connectivity index (χ2v) is 10.2. The first-order chi connectivity index (χ1) is 16.5. The van der Waals surface area contributed by atoms with E-state index in [1.54, 1.807) is 6.20 Å². The Bertz CT molecular complexity index is 1270. The van der Waals surface area contributed by atoms with Crippen molar-refractivity contribution in [2.75, 3.05) is 25.5 Å². The molecule has 0 radical (unpaired) electrons. The molecule has 0 unspecified atom stereocenters. The number of piperidine rings is 1. The number of fused-ring (bicyclic) bond motifs is 3. The molecule has 1 spiro atoms. The number of nitrogens with zero attached hydrogens (tertiary/aromatic N) is 2. The van der Waals surface area contributed by atoms with Gasteiger partial charge in [-0.15, -0.1) is 0 Å². The molecule has 7 nitrogen and oxygen atoms in total. The van der Waals surface area contributed by atoms with Gasteiger partial charge in [-0.3, -0.25) is 9.59 Å². The second kappa shape index (κ2) is 8.24. The van der Waals surface area contributed by atoms with Crippen molar-refractivity contribution in [3.8, 4) is 11.1 Å². The van der Waals surface area contributed by atoms with Gasteiger partial charge in [-0.1, -0.05) is 25.3 Å². The predicted octanol–water partition coefficient (Wildman–Crippen LogP) is 4.41. The Hall–Kier alpha value is -3.19. The van der Waals surface area contributed by atoms with Crippen molar-refractivity contribution in [3.63, 3.8) is 0 Å². The van der Waals surface area contributed by atoms with Gasteiger partial charge in [-0.25, -0.2) is 4.98 Å². The van der Waals surface area contributed by atoms with Gasteiger partial charge in [0.1, 0.15) is 5.65 Å². The van der Waals surface area contributed by atoms with Crippen molar-refractivity contribution in [2.45, 2.75) is 50.5 Å². The lowest BCUT2D eigenvalue weighted by Gasteiger charge is -2.34. The topological polar surface area (TPSA) is 90.1 Å². The molecule has 0 bridgehead atoms. The minimum Gasteiger partial charge on any atom is -0.346 e. The van der Waals surface area contributed by atoms with Crippen LogP contribution in [-0.2, 0) is 10.3 Å². The van der Waals surface area contributed by atoms with Gasteiger partial charge in [0.2, 0.25) is 5.91 Å². The van der Waals surface area contributed by atoms with Gasteiger partial charge < -0.3 is 20.5 Å². The minimum atomic E-state index is -0.224. The van der Waals surface area contributed by atoms with Crippen LogP contribution in [0.15, 0.2) is 36.7 Å². The summed E-state index contributed by atoms with van der Waals surface area (Å²) in [6.07, 6.45) is 11.0. The molecule has 3 aliphatic rings. The maximum Gasteiger partial charge on any atom is 0.252 e. The lowest BCUT2D eigenvalue weighted by Crippen LogP contribution is -2.40. The highest BCUT2D eigenvalue weighted by molar-refractivity contribution is 6.02. The fourth-order valence-corrected chi connectivity index (χ4v) is 6.03. The molecule has 4 heterocycles. The van der Waals surface area contributed by atoms with E-state index in [1.165, 1.54) is 6.42 Å². The highest BCUT2D eigenvalue weighted by atomic mass is 16.2. The van der Waals surface area contributed by atoms with Crippen LogP contribution in [0.5, 0.6) is 0 Å². The molecule has 176 valence electrons. The summed E-state index contributed by atoms with van der Waals surface area (Å²) < 4.78 is 0. The summed E-state index contributed by atoms with van der Waals surface area (Å²) in [7, 11) is 2.10. The Morgan fingerprint density at radius 3 is 2.71 bits per heavy atom. The third-order valence-electron chi connectivity index (χ3n) is 8.04. The Balaban J connectivity index is 1.31. The number of aromatic nitrogens is 2. The third-order valence-corrected chi connectivity index (χ3v) is 8.04. The molecule has 2 aromatic heterocycles. The molecule has 1 saturated heterocycles. The molecule has 2 fully saturated rings. The van der Waals surface area contributed by atoms with E-state index < -0.39 is 0 Å². The molecule has 1 aromatic carbocycles. The molecule has 7 heteroatoms. The third kappa shape index (κ3) is 3.59. The predicted molar refractivity (Wildman–Crippen MR) is 133 cm³/mol. The zero-order chi connectivity index (χ0) is 23.3. The smallest absolute Gasteiger partial charge is 0.252 e. The van der Waals surface area contributed by atoms with Crippen LogP contribution in [0.25, 0.3) is 22.2 Å². The van der Waals surface area contributed by atoms with Gasteiger partial charge in [0.25, 0.3) is 5.91 Å². The first-order valence-corrected chi connectivity index (χ1v) is 12.5. The molecule has 1 saturated carbocycles. The molecule has 1 aliphatic carbocycles. The summed E-state index contributed by atoms with van der Waals surface area (Å²) in [4.78, 5) is 35.6. The molecule has 2 amide bonds. The quantitative estimate of drug-likeness (QED) is 0.543. The minimum absolute atomic E-state index is 0.0444. The van der Waals surface area contributed by atoms with Crippen LogP contribution >= 0.6 is 0 Å². The van der Waals surface area contributed by atoms with E-state index in [0.29, 0.717) is 0 Å². The van der Waals surface area contributed by atoms with E-state index in [2.05, 4.69) is 38.6 Å². The standard InChI is InChI=1S/C27H31N5O2/c1-32-11-7-17(8-12-32)25(33)30-19-14-21-22(16-29-24(21)28-15-19)18-5-6-20-23(13-18)27(31-26(20)34)9-3-2-4-10-27/h5-6,13-17H,2-4,7-12H2,1H3,(H,28,29)(H,30,33)(H,31,34). The molecule has 6 rings (SSSR count). The Morgan fingerprint density at radius 2 is 1.91 bits per heavy atom. The van der Waals surface area contributed by atoms with E-state index in [1.807, 2.05) is 24.4 Å². The average Bonchev–Trinajstić information content (AvgIpc) is 3.38. The summed E-state index contributed by atoms with van der Waals surface area (Å²) in [5.74, 6) is 0.168. The number of nitrogens with one attached hydrogen (secondary N) is 3. The van der Waals surface area contributed by atoms with E-state index in [9.17, 15) is 9.59 Å². The maximum atomic E-state index is 12.8. The van der Waals surface area contributed by atoms with Gasteiger partial charge in [0, 0.05) is 28.6 Å². The van der Waals surface area contributed by atoms with Crippen LogP contribution < -0.4 is 10.6 Å². The maximum absolute atomic E-state index is 12.8. The molecule has 34 heavy (non-hydrogen) atoms. The number of carbonyl (C=O) groups is 2. The number of hydrogen-bond donors (Lipinski definition) is 3.